The summed E-state index contributed by atoms with van der Waals surface area (Å²) < 4.78 is 0. The van der Waals surface area contributed by atoms with E-state index < -0.39 is 0 Å². The van der Waals surface area contributed by atoms with Crippen molar-refractivity contribution in [3.05, 3.63) is 0 Å². The van der Waals surface area contributed by atoms with E-state index in [9.17, 15) is 4.79 Å². The summed E-state index contributed by atoms with van der Waals surface area (Å²) in [6, 6.07) is 0.382. The third-order valence-electron chi connectivity index (χ3n) is 2.51. The molecule has 0 aliphatic carbocycles. The van der Waals surface area contributed by atoms with Crippen LogP contribution in [-0.2, 0) is 4.79 Å². The van der Waals surface area contributed by atoms with Gasteiger partial charge in [0.15, 0.2) is 0 Å². The lowest BCUT2D eigenvalue weighted by molar-refractivity contribution is -0.119. The molecule has 4 nitrogen and oxygen atoms in total. The third kappa shape index (κ3) is 3.32. The van der Waals surface area contributed by atoms with E-state index >= 15 is 0 Å². The van der Waals surface area contributed by atoms with E-state index in [1.165, 1.54) is 0 Å². The standard InChI is InChI=1S/C9H19N3O/c1-12(2)6-5-7-3-4-8(11-7)9(10)13/h7-8,11H,3-6H2,1-2H3,(H2,10,13). The molecule has 0 saturated carbocycles. The molecule has 1 heterocycles. The maximum absolute atomic E-state index is 10.8. The molecule has 4 heteroatoms. The highest BCUT2D eigenvalue weighted by molar-refractivity contribution is 5.80. The van der Waals surface area contributed by atoms with E-state index in [4.69, 9.17) is 5.73 Å². The van der Waals surface area contributed by atoms with Gasteiger partial charge in [-0.1, -0.05) is 0 Å². The van der Waals surface area contributed by atoms with Crippen LogP contribution in [0.15, 0.2) is 0 Å². The molecule has 1 aliphatic heterocycles. The summed E-state index contributed by atoms with van der Waals surface area (Å²) in [5.41, 5.74) is 5.20. The zero-order chi connectivity index (χ0) is 9.84. The van der Waals surface area contributed by atoms with Gasteiger partial charge in [0.1, 0.15) is 0 Å². The minimum atomic E-state index is -0.215. The van der Waals surface area contributed by atoms with Crippen molar-refractivity contribution in [3.8, 4) is 0 Å². The van der Waals surface area contributed by atoms with Gasteiger partial charge in [0.2, 0.25) is 5.91 Å². The average molecular weight is 185 g/mol. The Labute approximate surface area is 79.5 Å². The Kier molecular flexibility index (Phi) is 3.69. The van der Waals surface area contributed by atoms with Crippen molar-refractivity contribution in [2.75, 3.05) is 20.6 Å². The maximum Gasteiger partial charge on any atom is 0.234 e. The minimum absolute atomic E-state index is 0.0906. The van der Waals surface area contributed by atoms with Crippen molar-refractivity contribution in [2.24, 2.45) is 5.73 Å². The van der Waals surface area contributed by atoms with Crippen LogP contribution in [0.5, 0.6) is 0 Å². The summed E-state index contributed by atoms with van der Waals surface area (Å²) >= 11 is 0. The molecule has 0 aromatic rings. The molecule has 76 valence electrons. The van der Waals surface area contributed by atoms with Crippen LogP contribution in [0, 0.1) is 0 Å². The number of nitrogens with zero attached hydrogens (tertiary/aromatic N) is 1. The summed E-state index contributed by atoms with van der Waals surface area (Å²) in [4.78, 5) is 13.0. The lowest BCUT2D eigenvalue weighted by Gasteiger charge is -2.15. The molecule has 0 radical (unpaired) electrons. The zero-order valence-electron chi connectivity index (χ0n) is 8.42. The van der Waals surface area contributed by atoms with Crippen LogP contribution in [0.3, 0.4) is 0 Å². The van der Waals surface area contributed by atoms with Crippen molar-refractivity contribution in [1.82, 2.24) is 10.2 Å². The van der Waals surface area contributed by atoms with Crippen LogP contribution in [0.1, 0.15) is 19.3 Å². The molecule has 0 spiro atoms. The predicted octanol–water partition coefficient (Wildman–Crippen LogP) is -0.456. The topological polar surface area (TPSA) is 58.4 Å². The van der Waals surface area contributed by atoms with Gasteiger partial charge < -0.3 is 16.0 Å². The number of amides is 1. The summed E-state index contributed by atoms with van der Waals surface area (Å²) in [6.45, 7) is 1.06. The van der Waals surface area contributed by atoms with Gasteiger partial charge in [-0.05, 0) is 39.9 Å². The number of hydrogen-bond donors (Lipinski definition) is 2. The minimum Gasteiger partial charge on any atom is -0.368 e. The molecule has 2 unspecified atom stereocenters. The second kappa shape index (κ2) is 4.58. The van der Waals surface area contributed by atoms with Crippen molar-refractivity contribution in [1.29, 1.82) is 0 Å². The number of carbonyl (C=O) groups excluding carboxylic acids is 1. The van der Waals surface area contributed by atoms with E-state index in [2.05, 4.69) is 24.3 Å². The number of nitrogens with one attached hydrogen (secondary N) is 1. The fourth-order valence-corrected chi connectivity index (χ4v) is 1.69. The molecule has 13 heavy (non-hydrogen) atoms. The van der Waals surface area contributed by atoms with Crippen molar-refractivity contribution < 1.29 is 4.79 Å². The second-order valence-electron chi connectivity index (χ2n) is 3.99. The van der Waals surface area contributed by atoms with Crippen LogP contribution in [0.2, 0.25) is 0 Å². The summed E-state index contributed by atoms with van der Waals surface area (Å²) in [7, 11) is 4.11. The second-order valence-corrected chi connectivity index (χ2v) is 3.99. The Morgan fingerprint density at radius 3 is 2.69 bits per heavy atom. The number of rotatable bonds is 4. The van der Waals surface area contributed by atoms with Crippen LogP contribution in [0.4, 0.5) is 0 Å². The first kappa shape index (κ1) is 10.5. The monoisotopic (exact) mass is 185 g/mol. The number of nitrogens with two attached hydrogens (primary N) is 1. The first-order valence-electron chi connectivity index (χ1n) is 4.79. The van der Waals surface area contributed by atoms with Gasteiger partial charge >= 0.3 is 0 Å². The van der Waals surface area contributed by atoms with Gasteiger partial charge in [0, 0.05) is 6.04 Å². The zero-order valence-corrected chi connectivity index (χ0v) is 8.42. The third-order valence-corrected chi connectivity index (χ3v) is 2.51. The highest BCUT2D eigenvalue weighted by Crippen LogP contribution is 2.14. The Hall–Kier alpha value is -0.610. The molecule has 1 amide bonds. The van der Waals surface area contributed by atoms with Crippen LogP contribution >= 0.6 is 0 Å². The number of carbonyl (C=O) groups is 1. The van der Waals surface area contributed by atoms with Crippen LogP contribution < -0.4 is 11.1 Å². The quantitative estimate of drug-likeness (QED) is 0.623. The van der Waals surface area contributed by atoms with Gasteiger partial charge in [0.25, 0.3) is 0 Å². The van der Waals surface area contributed by atoms with Crippen molar-refractivity contribution >= 4 is 5.91 Å². The van der Waals surface area contributed by atoms with Gasteiger partial charge in [-0.25, -0.2) is 0 Å². The summed E-state index contributed by atoms with van der Waals surface area (Å²) in [5, 5.41) is 3.24. The lowest BCUT2D eigenvalue weighted by Crippen LogP contribution is -2.40. The first-order valence-corrected chi connectivity index (χ1v) is 4.79. The average Bonchev–Trinajstić information content (AvgIpc) is 2.48. The SMILES string of the molecule is CN(C)CCC1CCC(C(N)=O)N1. The molecule has 0 bridgehead atoms. The van der Waals surface area contributed by atoms with Crippen LogP contribution in [-0.4, -0.2) is 43.5 Å². The van der Waals surface area contributed by atoms with E-state index in [1.807, 2.05) is 0 Å². The molecular weight excluding hydrogens is 166 g/mol. The normalized spacial score (nSPS) is 28.2. The number of hydrogen-bond acceptors (Lipinski definition) is 3. The van der Waals surface area contributed by atoms with E-state index in [1.54, 1.807) is 0 Å². The van der Waals surface area contributed by atoms with E-state index in [-0.39, 0.29) is 11.9 Å². The lowest BCUT2D eigenvalue weighted by atomic mass is 10.1. The Balaban J connectivity index is 2.21. The summed E-state index contributed by atoms with van der Waals surface area (Å²) in [6.07, 6.45) is 3.06. The van der Waals surface area contributed by atoms with Crippen molar-refractivity contribution in [3.63, 3.8) is 0 Å². The van der Waals surface area contributed by atoms with E-state index in [0.717, 1.165) is 25.8 Å². The van der Waals surface area contributed by atoms with Crippen LogP contribution in [0.25, 0.3) is 0 Å². The molecular formula is C9H19N3O. The first-order chi connectivity index (χ1) is 6.09. The highest BCUT2D eigenvalue weighted by atomic mass is 16.1. The summed E-state index contributed by atoms with van der Waals surface area (Å²) in [5.74, 6) is -0.215. The maximum atomic E-state index is 10.8. The van der Waals surface area contributed by atoms with Gasteiger partial charge in [-0.2, -0.15) is 0 Å². The van der Waals surface area contributed by atoms with Gasteiger partial charge in [-0.3, -0.25) is 4.79 Å². The molecule has 3 N–H and O–H groups in total. The molecule has 0 aromatic carbocycles. The molecule has 2 atom stereocenters. The fraction of sp³-hybridized carbons (Fsp3) is 0.889. The van der Waals surface area contributed by atoms with Gasteiger partial charge in [-0.15, -0.1) is 0 Å². The predicted molar refractivity (Wildman–Crippen MR) is 52.3 cm³/mol. The molecule has 1 aliphatic rings. The Bertz CT molecular complexity index is 182. The van der Waals surface area contributed by atoms with Crippen molar-refractivity contribution in [2.45, 2.75) is 31.3 Å². The highest BCUT2D eigenvalue weighted by Gasteiger charge is 2.26. The number of primary amides is 1. The molecule has 1 rings (SSSR count). The Morgan fingerprint density at radius 1 is 1.54 bits per heavy atom. The molecule has 1 saturated heterocycles. The Morgan fingerprint density at radius 2 is 2.23 bits per heavy atom. The molecule has 1 fully saturated rings. The fourth-order valence-electron chi connectivity index (χ4n) is 1.69. The smallest absolute Gasteiger partial charge is 0.234 e. The largest absolute Gasteiger partial charge is 0.368 e. The van der Waals surface area contributed by atoms with E-state index in [0.29, 0.717) is 6.04 Å². The van der Waals surface area contributed by atoms with Gasteiger partial charge in [0.05, 0.1) is 6.04 Å². The molecule has 0 aromatic heterocycles.